The molecule has 0 atom stereocenters. The summed E-state index contributed by atoms with van der Waals surface area (Å²) in [6.45, 7) is 6.67. The lowest BCUT2D eigenvalue weighted by atomic mass is 10.1. The van der Waals surface area contributed by atoms with Gasteiger partial charge in [-0.25, -0.2) is 4.98 Å². The van der Waals surface area contributed by atoms with Crippen molar-refractivity contribution in [3.8, 4) is 0 Å². The van der Waals surface area contributed by atoms with Gasteiger partial charge >= 0.3 is 0 Å². The number of aromatic nitrogens is 2. The Balaban J connectivity index is 1.46. The number of rotatable bonds is 5. The van der Waals surface area contributed by atoms with Crippen molar-refractivity contribution >= 4 is 11.8 Å². The fourth-order valence-corrected chi connectivity index (χ4v) is 3.12. The number of nitrogens with one attached hydrogen (secondary N) is 2. The average Bonchev–Trinajstić information content (AvgIpc) is 3.14. The number of aryl methyl sites for hydroxylation is 2. The number of aliphatic imine (C=N–C) groups is 1. The van der Waals surface area contributed by atoms with Crippen LogP contribution < -0.4 is 15.5 Å². The predicted octanol–water partition coefficient (Wildman–Crippen LogP) is 2.27. The van der Waals surface area contributed by atoms with Crippen molar-refractivity contribution in [1.82, 2.24) is 20.8 Å². The highest BCUT2D eigenvalue weighted by Crippen LogP contribution is 2.18. The van der Waals surface area contributed by atoms with Crippen LogP contribution in [0.4, 0.5) is 5.82 Å². The van der Waals surface area contributed by atoms with Gasteiger partial charge in [-0.05, 0) is 38.3 Å². The van der Waals surface area contributed by atoms with Crippen LogP contribution in [0, 0.1) is 6.92 Å². The van der Waals surface area contributed by atoms with Crippen molar-refractivity contribution in [2.45, 2.75) is 45.7 Å². The van der Waals surface area contributed by atoms with E-state index in [0.29, 0.717) is 12.6 Å². The van der Waals surface area contributed by atoms with Gasteiger partial charge in [0.05, 0.1) is 12.2 Å². The van der Waals surface area contributed by atoms with Crippen LogP contribution in [0.25, 0.3) is 0 Å². The van der Waals surface area contributed by atoms with Gasteiger partial charge < -0.3 is 20.1 Å². The van der Waals surface area contributed by atoms with Gasteiger partial charge in [0.15, 0.2) is 11.7 Å². The van der Waals surface area contributed by atoms with E-state index in [9.17, 15) is 0 Å². The van der Waals surface area contributed by atoms with Crippen molar-refractivity contribution in [2.24, 2.45) is 4.99 Å². The fraction of sp³-hybridized carbons (Fsp3) is 0.526. The molecule has 140 valence electrons. The third kappa shape index (κ3) is 4.74. The minimum Gasteiger partial charge on any atom is -0.359 e. The second-order valence-electron chi connectivity index (χ2n) is 6.61. The molecular formula is C19H28N6O. The smallest absolute Gasteiger partial charge is 0.191 e. The lowest BCUT2D eigenvalue weighted by Crippen LogP contribution is -2.48. The third-order valence-electron chi connectivity index (χ3n) is 4.66. The maximum Gasteiger partial charge on any atom is 0.191 e. The molecule has 0 saturated carbocycles. The molecule has 3 heterocycles. The number of nitrogens with zero attached hydrogens (tertiary/aromatic N) is 4. The highest BCUT2D eigenvalue weighted by atomic mass is 16.5. The zero-order valence-corrected chi connectivity index (χ0v) is 15.8. The van der Waals surface area contributed by atoms with Crippen LogP contribution in [-0.4, -0.2) is 42.3 Å². The van der Waals surface area contributed by atoms with Gasteiger partial charge in [0, 0.05) is 37.9 Å². The first-order valence-corrected chi connectivity index (χ1v) is 9.28. The predicted molar refractivity (Wildman–Crippen MR) is 103 cm³/mol. The molecule has 3 rings (SSSR count). The van der Waals surface area contributed by atoms with E-state index in [4.69, 9.17) is 4.52 Å². The Labute approximate surface area is 154 Å². The van der Waals surface area contributed by atoms with Crippen LogP contribution in [0.5, 0.6) is 0 Å². The van der Waals surface area contributed by atoms with Crippen molar-refractivity contribution in [3.05, 3.63) is 41.4 Å². The summed E-state index contributed by atoms with van der Waals surface area (Å²) >= 11 is 0. The maximum absolute atomic E-state index is 5.30. The summed E-state index contributed by atoms with van der Waals surface area (Å²) in [7, 11) is 1.79. The van der Waals surface area contributed by atoms with E-state index < -0.39 is 0 Å². The summed E-state index contributed by atoms with van der Waals surface area (Å²) in [6, 6.07) is 8.58. The number of hydrogen-bond donors (Lipinski definition) is 2. The van der Waals surface area contributed by atoms with Gasteiger partial charge in [-0.3, -0.25) is 4.99 Å². The molecule has 1 aliphatic rings. The van der Waals surface area contributed by atoms with Gasteiger partial charge in [0.2, 0.25) is 0 Å². The number of piperidine rings is 1. The van der Waals surface area contributed by atoms with Gasteiger partial charge in [0.25, 0.3) is 0 Å². The molecular weight excluding hydrogens is 328 g/mol. The molecule has 0 amide bonds. The first-order valence-electron chi connectivity index (χ1n) is 9.28. The molecule has 7 nitrogen and oxygen atoms in total. The molecule has 0 radical (unpaired) electrons. The number of pyridine rings is 1. The molecule has 0 spiro atoms. The minimum absolute atomic E-state index is 0.406. The van der Waals surface area contributed by atoms with Gasteiger partial charge in [-0.15, -0.1) is 0 Å². The van der Waals surface area contributed by atoms with E-state index in [1.807, 2.05) is 19.1 Å². The summed E-state index contributed by atoms with van der Waals surface area (Å²) in [6.07, 6.45) is 2.99. The summed E-state index contributed by atoms with van der Waals surface area (Å²) in [4.78, 5) is 11.3. The van der Waals surface area contributed by atoms with Crippen molar-refractivity contribution in [1.29, 1.82) is 0 Å². The molecule has 7 heteroatoms. The van der Waals surface area contributed by atoms with E-state index in [0.717, 1.165) is 61.3 Å². The molecule has 0 aromatic carbocycles. The molecule has 2 aromatic heterocycles. The van der Waals surface area contributed by atoms with Gasteiger partial charge in [-0.1, -0.05) is 18.1 Å². The highest BCUT2D eigenvalue weighted by Gasteiger charge is 2.21. The second-order valence-corrected chi connectivity index (χ2v) is 6.61. The molecule has 2 aromatic rings. The Hall–Kier alpha value is -2.57. The van der Waals surface area contributed by atoms with E-state index >= 15 is 0 Å². The fourth-order valence-electron chi connectivity index (χ4n) is 3.12. The Bertz CT molecular complexity index is 733. The summed E-state index contributed by atoms with van der Waals surface area (Å²) in [5.41, 5.74) is 2.04. The number of guanidine groups is 1. The molecule has 1 fully saturated rings. The van der Waals surface area contributed by atoms with Gasteiger partial charge in [0.1, 0.15) is 5.82 Å². The lowest BCUT2D eigenvalue weighted by molar-refractivity contribution is 0.374. The average molecular weight is 356 g/mol. The molecule has 1 saturated heterocycles. The summed E-state index contributed by atoms with van der Waals surface area (Å²) < 4.78 is 5.30. The lowest BCUT2D eigenvalue weighted by Gasteiger charge is -2.33. The first kappa shape index (κ1) is 18.2. The van der Waals surface area contributed by atoms with E-state index in [1.165, 1.54) is 0 Å². The van der Waals surface area contributed by atoms with Crippen LogP contribution in [-0.2, 0) is 13.0 Å². The standard InChI is InChI=1S/C19H28N6O/c1-4-15-12-17(26-24-15)13-21-19(20-3)23-16-8-10-25(11-9-16)18-7-5-6-14(2)22-18/h5-7,12,16H,4,8-11,13H2,1-3H3,(H2,20,21,23). The topological polar surface area (TPSA) is 78.6 Å². The normalized spacial score (nSPS) is 16.0. The largest absolute Gasteiger partial charge is 0.359 e. The minimum atomic E-state index is 0.406. The third-order valence-corrected chi connectivity index (χ3v) is 4.66. The second kappa shape index (κ2) is 8.69. The zero-order valence-electron chi connectivity index (χ0n) is 15.8. The molecule has 1 aliphatic heterocycles. The SMILES string of the molecule is CCc1cc(CNC(=NC)NC2CCN(c3cccc(C)n3)CC2)on1. The molecule has 26 heavy (non-hydrogen) atoms. The monoisotopic (exact) mass is 356 g/mol. The van der Waals surface area contributed by atoms with Crippen molar-refractivity contribution in [2.75, 3.05) is 25.0 Å². The zero-order chi connectivity index (χ0) is 18.4. The highest BCUT2D eigenvalue weighted by molar-refractivity contribution is 5.79. The van der Waals surface area contributed by atoms with Crippen LogP contribution in [0.1, 0.15) is 36.9 Å². The van der Waals surface area contributed by atoms with Crippen molar-refractivity contribution < 1.29 is 4.52 Å². The number of hydrogen-bond acceptors (Lipinski definition) is 5. The summed E-state index contributed by atoms with van der Waals surface area (Å²) in [5, 5.41) is 10.8. The van der Waals surface area contributed by atoms with Crippen LogP contribution >= 0.6 is 0 Å². The number of anilines is 1. The Morgan fingerprint density at radius 1 is 1.35 bits per heavy atom. The van der Waals surface area contributed by atoms with E-state index in [2.05, 4.69) is 49.7 Å². The Morgan fingerprint density at radius 2 is 2.15 bits per heavy atom. The summed E-state index contributed by atoms with van der Waals surface area (Å²) in [5.74, 6) is 2.69. The first-order chi connectivity index (χ1) is 12.7. The molecule has 0 bridgehead atoms. The van der Waals surface area contributed by atoms with Crippen LogP contribution in [0.3, 0.4) is 0 Å². The van der Waals surface area contributed by atoms with E-state index in [1.54, 1.807) is 7.05 Å². The van der Waals surface area contributed by atoms with Crippen molar-refractivity contribution in [3.63, 3.8) is 0 Å². The van der Waals surface area contributed by atoms with Crippen LogP contribution in [0.2, 0.25) is 0 Å². The molecule has 2 N–H and O–H groups in total. The van der Waals surface area contributed by atoms with Crippen LogP contribution in [0.15, 0.2) is 33.8 Å². The Morgan fingerprint density at radius 3 is 2.81 bits per heavy atom. The molecule has 0 aliphatic carbocycles. The van der Waals surface area contributed by atoms with Gasteiger partial charge in [-0.2, -0.15) is 0 Å². The Kier molecular flexibility index (Phi) is 6.09. The van der Waals surface area contributed by atoms with E-state index in [-0.39, 0.29) is 0 Å². The molecule has 0 unspecified atom stereocenters. The quantitative estimate of drug-likeness (QED) is 0.632. The maximum atomic E-state index is 5.30.